The fourth-order valence-electron chi connectivity index (χ4n) is 2.67. The van der Waals surface area contributed by atoms with Gasteiger partial charge in [-0.05, 0) is 66.1 Å². The first-order chi connectivity index (χ1) is 9.97. The average molecular weight is 421 g/mol. The molecule has 0 aromatic heterocycles. The molecule has 1 amide bonds. The lowest BCUT2D eigenvalue weighted by Crippen LogP contribution is -2.42. The fourth-order valence-corrected chi connectivity index (χ4v) is 3.19. The number of amides is 1. The van der Waals surface area contributed by atoms with Crippen LogP contribution in [0.3, 0.4) is 0 Å². The summed E-state index contributed by atoms with van der Waals surface area (Å²) in [5, 5.41) is 4.11. The van der Waals surface area contributed by atoms with Gasteiger partial charge in [0.1, 0.15) is 0 Å². The van der Waals surface area contributed by atoms with Crippen molar-refractivity contribution in [2.24, 2.45) is 5.92 Å². The topological polar surface area (TPSA) is 32.3 Å². The highest BCUT2D eigenvalue weighted by atomic mass is 127. The van der Waals surface area contributed by atoms with Crippen LogP contribution in [0.15, 0.2) is 18.2 Å². The van der Waals surface area contributed by atoms with Gasteiger partial charge in [0.25, 0.3) is 5.91 Å². The van der Waals surface area contributed by atoms with Gasteiger partial charge in [-0.15, -0.1) is 0 Å². The van der Waals surface area contributed by atoms with Crippen LogP contribution in [0.4, 0.5) is 0 Å². The van der Waals surface area contributed by atoms with Crippen LogP contribution < -0.4 is 5.32 Å². The SMILES string of the molecule is CC(C)CN(CC1CCCN1)C(=O)c1ccc(I)c(Cl)c1. The van der Waals surface area contributed by atoms with Crippen LogP contribution in [0.2, 0.25) is 5.02 Å². The van der Waals surface area contributed by atoms with Crippen LogP contribution in [-0.2, 0) is 0 Å². The van der Waals surface area contributed by atoms with Crippen LogP contribution in [0, 0.1) is 9.49 Å². The number of rotatable bonds is 5. The van der Waals surface area contributed by atoms with Crippen molar-refractivity contribution in [1.29, 1.82) is 0 Å². The van der Waals surface area contributed by atoms with Gasteiger partial charge in [0, 0.05) is 28.3 Å². The molecule has 0 radical (unpaired) electrons. The fraction of sp³-hybridized carbons (Fsp3) is 0.562. The zero-order chi connectivity index (χ0) is 15.4. The van der Waals surface area contributed by atoms with E-state index in [1.165, 1.54) is 6.42 Å². The first kappa shape index (κ1) is 17.0. The number of hydrogen-bond donors (Lipinski definition) is 1. The first-order valence-electron chi connectivity index (χ1n) is 7.45. The van der Waals surface area contributed by atoms with Crippen molar-refractivity contribution in [1.82, 2.24) is 10.2 Å². The maximum absolute atomic E-state index is 12.8. The van der Waals surface area contributed by atoms with Crippen molar-refractivity contribution >= 4 is 40.1 Å². The van der Waals surface area contributed by atoms with E-state index in [-0.39, 0.29) is 5.91 Å². The minimum Gasteiger partial charge on any atom is -0.337 e. The summed E-state index contributed by atoms with van der Waals surface area (Å²) in [5.74, 6) is 0.533. The number of carbonyl (C=O) groups excluding carboxylic acids is 1. The molecule has 1 heterocycles. The summed E-state index contributed by atoms with van der Waals surface area (Å²) >= 11 is 8.32. The molecule has 0 spiro atoms. The molecule has 3 nitrogen and oxygen atoms in total. The molecule has 1 aromatic carbocycles. The van der Waals surface area contributed by atoms with Gasteiger partial charge in [0.05, 0.1) is 5.02 Å². The molecule has 1 atom stereocenters. The van der Waals surface area contributed by atoms with E-state index in [0.717, 1.165) is 29.6 Å². The molecule has 21 heavy (non-hydrogen) atoms. The zero-order valence-electron chi connectivity index (χ0n) is 12.5. The van der Waals surface area contributed by atoms with Gasteiger partial charge < -0.3 is 10.2 Å². The van der Waals surface area contributed by atoms with Gasteiger partial charge in [0.15, 0.2) is 0 Å². The summed E-state index contributed by atoms with van der Waals surface area (Å²) in [4.78, 5) is 14.7. The standard InChI is InChI=1S/C16H22ClIN2O/c1-11(2)9-20(10-13-4-3-7-19-13)16(21)12-5-6-15(18)14(17)8-12/h5-6,8,11,13,19H,3-4,7,9-10H2,1-2H3. The van der Waals surface area contributed by atoms with E-state index in [0.29, 0.717) is 22.5 Å². The van der Waals surface area contributed by atoms with Gasteiger partial charge in [0.2, 0.25) is 0 Å². The molecule has 2 rings (SSSR count). The third-order valence-electron chi connectivity index (χ3n) is 3.64. The van der Waals surface area contributed by atoms with Crippen molar-refractivity contribution in [2.45, 2.75) is 32.7 Å². The van der Waals surface area contributed by atoms with E-state index < -0.39 is 0 Å². The molecular formula is C16H22ClIN2O. The summed E-state index contributed by atoms with van der Waals surface area (Å²) in [5.41, 5.74) is 0.680. The van der Waals surface area contributed by atoms with Gasteiger partial charge in [-0.2, -0.15) is 0 Å². The lowest BCUT2D eigenvalue weighted by molar-refractivity contribution is 0.0721. The predicted octanol–water partition coefficient (Wildman–Crippen LogP) is 3.79. The summed E-state index contributed by atoms with van der Waals surface area (Å²) in [7, 11) is 0. The Balaban J connectivity index is 2.13. The highest BCUT2D eigenvalue weighted by molar-refractivity contribution is 14.1. The largest absolute Gasteiger partial charge is 0.337 e. The lowest BCUT2D eigenvalue weighted by atomic mass is 10.1. The lowest BCUT2D eigenvalue weighted by Gasteiger charge is -2.27. The Labute approximate surface area is 145 Å². The molecule has 5 heteroatoms. The first-order valence-corrected chi connectivity index (χ1v) is 8.90. The molecule has 0 aliphatic carbocycles. The Bertz CT molecular complexity index is 501. The monoisotopic (exact) mass is 420 g/mol. The van der Waals surface area contributed by atoms with Crippen molar-refractivity contribution in [3.8, 4) is 0 Å². The molecule has 1 aliphatic rings. The Morgan fingerprint density at radius 1 is 1.52 bits per heavy atom. The third kappa shape index (κ3) is 4.83. The van der Waals surface area contributed by atoms with Gasteiger partial charge in [-0.3, -0.25) is 4.79 Å². The van der Waals surface area contributed by atoms with E-state index in [4.69, 9.17) is 11.6 Å². The number of benzene rings is 1. The Morgan fingerprint density at radius 3 is 2.86 bits per heavy atom. The quantitative estimate of drug-likeness (QED) is 0.735. The molecule has 0 bridgehead atoms. The van der Waals surface area contributed by atoms with Crippen LogP contribution in [0.5, 0.6) is 0 Å². The average Bonchev–Trinajstić information content (AvgIpc) is 2.93. The highest BCUT2D eigenvalue weighted by Gasteiger charge is 2.23. The number of nitrogens with one attached hydrogen (secondary N) is 1. The molecule has 0 saturated carbocycles. The second-order valence-corrected chi connectivity index (χ2v) is 7.60. The van der Waals surface area contributed by atoms with Crippen molar-refractivity contribution in [2.75, 3.05) is 19.6 Å². The molecule has 1 unspecified atom stereocenters. The van der Waals surface area contributed by atoms with Gasteiger partial charge in [-0.25, -0.2) is 0 Å². The number of halogens is 2. The molecule has 1 N–H and O–H groups in total. The van der Waals surface area contributed by atoms with E-state index in [2.05, 4.69) is 41.8 Å². The molecular weight excluding hydrogens is 399 g/mol. The van der Waals surface area contributed by atoms with Crippen molar-refractivity contribution in [3.05, 3.63) is 32.4 Å². The van der Waals surface area contributed by atoms with E-state index >= 15 is 0 Å². The highest BCUT2D eigenvalue weighted by Crippen LogP contribution is 2.21. The molecule has 1 saturated heterocycles. The van der Waals surface area contributed by atoms with Crippen LogP contribution in [-0.4, -0.2) is 36.5 Å². The van der Waals surface area contributed by atoms with Gasteiger partial charge >= 0.3 is 0 Å². The maximum Gasteiger partial charge on any atom is 0.253 e. The van der Waals surface area contributed by atoms with Crippen LogP contribution in [0.1, 0.15) is 37.0 Å². The maximum atomic E-state index is 12.8. The Hall–Kier alpha value is -0.330. The van der Waals surface area contributed by atoms with Crippen molar-refractivity contribution in [3.63, 3.8) is 0 Å². The number of hydrogen-bond acceptors (Lipinski definition) is 2. The summed E-state index contributed by atoms with van der Waals surface area (Å²) < 4.78 is 0.971. The summed E-state index contributed by atoms with van der Waals surface area (Å²) in [6.07, 6.45) is 2.35. The van der Waals surface area contributed by atoms with Crippen LogP contribution >= 0.6 is 34.2 Å². The van der Waals surface area contributed by atoms with Crippen LogP contribution in [0.25, 0.3) is 0 Å². The van der Waals surface area contributed by atoms with E-state index in [9.17, 15) is 4.79 Å². The van der Waals surface area contributed by atoms with Crippen molar-refractivity contribution < 1.29 is 4.79 Å². The second-order valence-electron chi connectivity index (χ2n) is 6.03. The molecule has 1 fully saturated rings. The molecule has 116 valence electrons. The Morgan fingerprint density at radius 2 is 2.29 bits per heavy atom. The predicted molar refractivity (Wildman–Crippen MR) is 95.9 cm³/mol. The smallest absolute Gasteiger partial charge is 0.253 e. The molecule has 1 aromatic rings. The minimum absolute atomic E-state index is 0.0794. The minimum atomic E-state index is 0.0794. The summed E-state index contributed by atoms with van der Waals surface area (Å²) in [6, 6.07) is 5.97. The van der Waals surface area contributed by atoms with E-state index in [1.807, 2.05) is 17.0 Å². The van der Waals surface area contributed by atoms with E-state index in [1.54, 1.807) is 6.07 Å². The third-order valence-corrected chi connectivity index (χ3v) is 5.21. The Kier molecular flexibility index (Phi) is 6.32. The number of nitrogens with zero attached hydrogens (tertiary/aromatic N) is 1. The summed E-state index contributed by atoms with van der Waals surface area (Å²) in [6.45, 7) is 6.90. The second kappa shape index (κ2) is 7.79. The number of carbonyl (C=O) groups is 1. The normalized spacial score (nSPS) is 18.2. The molecule has 1 aliphatic heterocycles. The van der Waals surface area contributed by atoms with Gasteiger partial charge in [-0.1, -0.05) is 25.4 Å². The zero-order valence-corrected chi connectivity index (χ0v) is 15.4.